The minimum atomic E-state index is -3.98. The van der Waals surface area contributed by atoms with Crippen LogP contribution < -0.4 is 9.62 Å². The van der Waals surface area contributed by atoms with E-state index < -0.39 is 27.4 Å². The SMILES string of the molecule is O=C(Nc1ccc(Cl)cc1)C1=C(O)CS(=O)(=O)N(Cc2ccc(Cl)cc2)c2ccccc21. The van der Waals surface area contributed by atoms with Gasteiger partial charge >= 0.3 is 0 Å². The fourth-order valence-electron chi connectivity index (χ4n) is 3.45. The second kappa shape index (κ2) is 8.86. The lowest BCUT2D eigenvalue weighted by atomic mass is 10.0. The number of halogens is 2. The molecule has 1 heterocycles. The molecule has 0 bridgehead atoms. The van der Waals surface area contributed by atoms with Gasteiger partial charge in [0.1, 0.15) is 11.5 Å². The molecule has 0 saturated carbocycles. The molecule has 1 aliphatic heterocycles. The zero-order valence-electron chi connectivity index (χ0n) is 16.6. The molecule has 2 N–H and O–H groups in total. The largest absolute Gasteiger partial charge is 0.510 e. The summed E-state index contributed by atoms with van der Waals surface area (Å²) in [4.78, 5) is 13.1. The number of carbonyl (C=O) groups is 1. The van der Waals surface area contributed by atoms with Crippen LogP contribution in [0.1, 0.15) is 11.1 Å². The minimum absolute atomic E-state index is 0.0237. The second-order valence-electron chi connectivity index (χ2n) is 7.19. The zero-order chi connectivity index (χ0) is 22.9. The molecule has 0 fully saturated rings. The van der Waals surface area contributed by atoms with Crippen molar-refractivity contribution in [2.24, 2.45) is 0 Å². The average Bonchev–Trinajstić information content (AvgIpc) is 2.83. The number of hydrogen-bond acceptors (Lipinski definition) is 4. The Bertz CT molecular complexity index is 1300. The summed E-state index contributed by atoms with van der Waals surface area (Å²) in [6.45, 7) is 0.0237. The van der Waals surface area contributed by atoms with Crippen LogP contribution in [0.3, 0.4) is 0 Å². The average molecular weight is 489 g/mol. The maximum Gasteiger partial charge on any atom is 0.259 e. The molecule has 32 heavy (non-hydrogen) atoms. The van der Waals surface area contributed by atoms with Crippen molar-refractivity contribution in [3.63, 3.8) is 0 Å². The number of aliphatic hydroxyl groups excluding tert-OH is 1. The van der Waals surface area contributed by atoms with Crippen LogP contribution in [-0.2, 0) is 21.4 Å². The lowest BCUT2D eigenvalue weighted by molar-refractivity contribution is -0.111. The molecule has 0 radical (unpaired) electrons. The van der Waals surface area contributed by atoms with E-state index in [0.717, 1.165) is 0 Å². The monoisotopic (exact) mass is 488 g/mol. The summed E-state index contributed by atoms with van der Waals surface area (Å²) < 4.78 is 27.5. The molecule has 4 rings (SSSR count). The van der Waals surface area contributed by atoms with Crippen molar-refractivity contribution in [2.75, 3.05) is 15.4 Å². The fourth-order valence-corrected chi connectivity index (χ4v) is 5.15. The van der Waals surface area contributed by atoms with Crippen LogP contribution in [0.25, 0.3) is 5.57 Å². The number of nitrogens with one attached hydrogen (secondary N) is 1. The van der Waals surface area contributed by atoms with Gasteiger partial charge in [-0.1, -0.05) is 53.5 Å². The van der Waals surface area contributed by atoms with Gasteiger partial charge in [-0.2, -0.15) is 0 Å². The maximum absolute atomic E-state index is 13.2. The molecule has 0 aromatic heterocycles. The highest BCUT2D eigenvalue weighted by Crippen LogP contribution is 2.36. The summed E-state index contributed by atoms with van der Waals surface area (Å²) >= 11 is 11.8. The molecule has 164 valence electrons. The van der Waals surface area contributed by atoms with E-state index in [4.69, 9.17) is 23.2 Å². The van der Waals surface area contributed by atoms with E-state index in [-0.39, 0.29) is 12.1 Å². The first kappa shape index (κ1) is 22.2. The van der Waals surface area contributed by atoms with E-state index in [1.807, 2.05) is 0 Å². The van der Waals surface area contributed by atoms with Gasteiger partial charge in [0, 0.05) is 21.3 Å². The predicted octanol–water partition coefficient (Wildman–Crippen LogP) is 5.25. The van der Waals surface area contributed by atoms with E-state index in [2.05, 4.69) is 5.32 Å². The number of para-hydroxylation sites is 1. The molecule has 0 saturated heterocycles. The molecular formula is C23H18Cl2N2O4S. The van der Waals surface area contributed by atoms with Gasteiger partial charge in [0.15, 0.2) is 0 Å². The van der Waals surface area contributed by atoms with Gasteiger partial charge in [0.2, 0.25) is 10.0 Å². The molecule has 0 spiro atoms. The van der Waals surface area contributed by atoms with Crippen LogP contribution in [-0.4, -0.2) is 25.2 Å². The third-order valence-corrected chi connectivity index (χ3v) is 7.09. The number of carbonyl (C=O) groups excluding carboxylic acids is 1. The molecule has 0 atom stereocenters. The molecule has 0 unspecified atom stereocenters. The fraction of sp³-hybridized carbons (Fsp3) is 0.0870. The van der Waals surface area contributed by atoms with Crippen molar-refractivity contribution in [1.82, 2.24) is 0 Å². The summed E-state index contributed by atoms with van der Waals surface area (Å²) in [6, 6.07) is 19.8. The Balaban J connectivity index is 1.76. The number of amides is 1. The van der Waals surface area contributed by atoms with Crippen LogP contribution >= 0.6 is 23.2 Å². The van der Waals surface area contributed by atoms with E-state index in [0.29, 0.717) is 32.5 Å². The van der Waals surface area contributed by atoms with Crippen LogP contribution in [0.2, 0.25) is 10.0 Å². The molecule has 0 aliphatic carbocycles. The van der Waals surface area contributed by atoms with Crippen molar-refractivity contribution >= 4 is 56.1 Å². The maximum atomic E-state index is 13.2. The summed E-state index contributed by atoms with van der Waals surface area (Å²) in [7, 11) is -3.98. The molecule has 1 aliphatic rings. The quantitative estimate of drug-likeness (QED) is 0.524. The normalized spacial score (nSPS) is 15.1. The van der Waals surface area contributed by atoms with Crippen molar-refractivity contribution in [2.45, 2.75) is 6.54 Å². The number of anilines is 2. The number of sulfonamides is 1. The standard InChI is InChI=1S/C23H18Cl2N2O4S/c24-16-7-5-15(6-8-16)13-27-20-4-2-1-3-19(20)22(21(28)14-32(27,30)31)23(29)26-18-11-9-17(25)10-12-18/h1-12,28H,13-14H2,(H,26,29). The third-order valence-electron chi connectivity index (χ3n) is 4.95. The molecular weight excluding hydrogens is 471 g/mol. The lowest BCUT2D eigenvalue weighted by Gasteiger charge is -2.24. The molecule has 1 amide bonds. The Labute approximate surface area is 195 Å². The van der Waals surface area contributed by atoms with Crippen LogP contribution in [0, 0.1) is 0 Å². The predicted molar refractivity (Wildman–Crippen MR) is 127 cm³/mol. The Morgan fingerprint density at radius 3 is 2.19 bits per heavy atom. The van der Waals surface area contributed by atoms with E-state index in [1.165, 1.54) is 4.31 Å². The van der Waals surface area contributed by atoms with Crippen LogP contribution in [0.15, 0.2) is 78.6 Å². The molecule has 3 aromatic rings. The van der Waals surface area contributed by atoms with Gasteiger partial charge in [0.05, 0.1) is 17.8 Å². The Morgan fingerprint density at radius 2 is 1.53 bits per heavy atom. The topological polar surface area (TPSA) is 86.7 Å². The Hall–Kier alpha value is -3.00. The zero-order valence-corrected chi connectivity index (χ0v) is 19.0. The minimum Gasteiger partial charge on any atom is -0.510 e. The van der Waals surface area contributed by atoms with Gasteiger partial charge in [-0.05, 0) is 48.0 Å². The van der Waals surface area contributed by atoms with Gasteiger partial charge in [-0.25, -0.2) is 8.42 Å². The molecule has 9 heteroatoms. The number of rotatable bonds is 4. The number of benzene rings is 3. The van der Waals surface area contributed by atoms with Crippen molar-refractivity contribution in [3.8, 4) is 0 Å². The smallest absolute Gasteiger partial charge is 0.259 e. The van der Waals surface area contributed by atoms with E-state index in [1.54, 1.807) is 72.8 Å². The van der Waals surface area contributed by atoms with Crippen LogP contribution in [0.5, 0.6) is 0 Å². The first-order valence-corrected chi connectivity index (χ1v) is 11.9. The van der Waals surface area contributed by atoms with Crippen LogP contribution in [0.4, 0.5) is 11.4 Å². The number of aliphatic hydroxyl groups is 1. The lowest BCUT2D eigenvalue weighted by Crippen LogP contribution is -2.32. The highest BCUT2D eigenvalue weighted by atomic mass is 35.5. The van der Waals surface area contributed by atoms with E-state index in [9.17, 15) is 18.3 Å². The van der Waals surface area contributed by atoms with Crippen molar-refractivity contribution < 1.29 is 18.3 Å². The van der Waals surface area contributed by atoms with Gasteiger partial charge in [-0.15, -0.1) is 0 Å². The van der Waals surface area contributed by atoms with Gasteiger partial charge in [0.25, 0.3) is 5.91 Å². The van der Waals surface area contributed by atoms with Crippen molar-refractivity contribution in [3.05, 3.63) is 99.7 Å². The third kappa shape index (κ3) is 4.60. The number of hydrogen-bond donors (Lipinski definition) is 2. The Kier molecular flexibility index (Phi) is 6.15. The summed E-state index contributed by atoms with van der Waals surface area (Å²) in [5, 5.41) is 14.5. The summed E-state index contributed by atoms with van der Waals surface area (Å²) in [5.74, 6) is -1.86. The van der Waals surface area contributed by atoms with Gasteiger partial charge < -0.3 is 10.4 Å². The highest BCUT2D eigenvalue weighted by Gasteiger charge is 2.34. The first-order valence-electron chi connectivity index (χ1n) is 9.58. The summed E-state index contributed by atoms with van der Waals surface area (Å²) in [5.41, 5.74) is 1.68. The van der Waals surface area contributed by atoms with Gasteiger partial charge in [-0.3, -0.25) is 9.10 Å². The second-order valence-corrected chi connectivity index (χ2v) is 9.96. The molecule has 6 nitrogen and oxygen atoms in total. The Morgan fingerprint density at radius 1 is 0.938 bits per heavy atom. The number of fused-ring (bicyclic) bond motifs is 1. The first-order chi connectivity index (χ1) is 15.2. The summed E-state index contributed by atoms with van der Waals surface area (Å²) in [6.07, 6.45) is 0. The van der Waals surface area contributed by atoms with E-state index >= 15 is 0 Å². The highest BCUT2D eigenvalue weighted by molar-refractivity contribution is 7.93. The number of nitrogens with zero attached hydrogens (tertiary/aromatic N) is 1. The van der Waals surface area contributed by atoms with Crippen molar-refractivity contribution in [1.29, 1.82) is 0 Å². The molecule has 3 aromatic carbocycles.